The standard InChI is InChI=1S/C20H31NO3/c1-4-8-16-10-11-19(20(13-16)23-3)24-15-18(22)14-21-12-7-6-9-17(21)5-2/h4,8,10-11,13,17-18,22H,5-7,9,12,14-15H2,1-3H3. The Balaban J connectivity index is 1.90. The van der Waals surface area contributed by atoms with Gasteiger partial charge in [-0.1, -0.05) is 31.6 Å². The van der Waals surface area contributed by atoms with Gasteiger partial charge in [0.05, 0.1) is 7.11 Å². The van der Waals surface area contributed by atoms with Crippen LogP contribution in [0.5, 0.6) is 11.5 Å². The highest BCUT2D eigenvalue weighted by molar-refractivity contribution is 5.55. The number of nitrogens with zero attached hydrogens (tertiary/aromatic N) is 1. The van der Waals surface area contributed by atoms with Gasteiger partial charge in [-0.25, -0.2) is 0 Å². The molecule has 24 heavy (non-hydrogen) atoms. The van der Waals surface area contributed by atoms with E-state index in [-0.39, 0.29) is 6.61 Å². The maximum Gasteiger partial charge on any atom is 0.161 e. The van der Waals surface area contributed by atoms with Crippen LogP contribution in [0.25, 0.3) is 6.08 Å². The summed E-state index contributed by atoms with van der Waals surface area (Å²) in [4.78, 5) is 2.41. The van der Waals surface area contributed by atoms with E-state index in [9.17, 15) is 5.11 Å². The summed E-state index contributed by atoms with van der Waals surface area (Å²) in [5.74, 6) is 1.37. The lowest BCUT2D eigenvalue weighted by atomic mass is 10.00. The first-order valence-electron chi connectivity index (χ1n) is 9.03. The molecule has 0 aromatic heterocycles. The molecule has 0 amide bonds. The molecule has 134 valence electrons. The van der Waals surface area contributed by atoms with Gasteiger partial charge in [-0.05, 0) is 50.4 Å². The summed E-state index contributed by atoms with van der Waals surface area (Å²) in [6, 6.07) is 6.43. The molecule has 1 aromatic carbocycles. The number of methoxy groups -OCH3 is 1. The maximum atomic E-state index is 10.4. The first-order valence-corrected chi connectivity index (χ1v) is 9.03. The maximum absolute atomic E-state index is 10.4. The minimum absolute atomic E-state index is 0.284. The Labute approximate surface area is 146 Å². The van der Waals surface area contributed by atoms with Crippen LogP contribution in [-0.2, 0) is 0 Å². The molecule has 2 unspecified atom stereocenters. The van der Waals surface area contributed by atoms with Crippen LogP contribution in [0.15, 0.2) is 24.3 Å². The Morgan fingerprint density at radius 2 is 2.17 bits per heavy atom. The van der Waals surface area contributed by atoms with Crippen LogP contribution < -0.4 is 9.47 Å². The van der Waals surface area contributed by atoms with E-state index in [1.54, 1.807) is 7.11 Å². The van der Waals surface area contributed by atoms with Crippen molar-refractivity contribution in [3.8, 4) is 11.5 Å². The number of benzene rings is 1. The summed E-state index contributed by atoms with van der Waals surface area (Å²) in [5.41, 5.74) is 1.07. The third kappa shape index (κ3) is 5.25. The monoisotopic (exact) mass is 333 g/mol. The Kier molecular flexibility index (Phi) is 7.60. The molecule has 2 rings (SSSR count). The summed E-state index contributed by atoms with van der Waals surface area (Å²) in [5, 5.41) is 10.4. The van der Waals surface area contributed by atoms with Gasteiger partial charge in [-0.15, -0.1) is 0 Å². The van der Waals surface area contributed by atoms with Crippen molar-refractivity contribution in [1.82, 2.24) is 4.90 Å². The van der Waals surface area contributed by atoms with Gasteiger partial charge in [0.1, 0.15) is 12.7 Å². The fourth-order valence-electron chi connectivity index (χ4n) is 3.37. The van der Waals surface area contributed by atoms with E-state index in [0.29, 0.717) is 24.1 Å². The highest BCUT2D eigenvalue weighted by Gasteiger charge is 2.23. The van der Waals surface area contributed by atoms with Gasteiger partial charge in [-0.3, -0.25) is 4.90 Å². The minimum atomic E-state index is -0.489. The van der Waals surface area contributed by atoms with Crippen molar-refractivity contribution >= 4 is 6.08 Å². The normalized spacial score (nSPS) is 20.2. The van der Waals surface area contributed by atoms with Gasteiger partial charge >= 0.3 is 0 Å². The molecular formula is C20H31NO3. The van der Waals surface area contributed by atoms with Crippen molar-refractivity contribution in [2.75, 3.05) is 26.8 Å². The lowest BCUT2D eigenvalue weighted by Crippen LogP contribution is -2.44. The first-order chi connectivity index (χ1) is 11.7. The van der Waals surface area contributed by atoms with E-state index in [2.05, 4.69) is 11.8 Å². The summed E-state index contributed by atoms with van der Waals surface area (Å²) in [7, 11) is 1.64. The third-order valence-electron chi connectivity index (χ3n) is 4.64. The summed E-state index contributed by atoms with van der Waals surface area (Å²) < 4.78 is 11.2. The van der Waals surface area contributed by atoms with Crippen LogP contribution in [0.3, 0.4) is 0 Å². The van der Waals surface area contributed by atoms with Crippen LogP contribution in [0.4, 0.5) is 0 Å². The molecule has 1 saturated heterocycles. The fraction of sp³-hybridized carbons (Fsp3) is 0.600. The number of hydrogen-bond acceptors (Lipinski definition) is 4. The smallest absolute Gasteiger partial charge is 0.161 e. The van der Waals surface area contributed by atoms with Crippen LogP contribution >= 0.6 is 0 Å². The van der Waals surface area contributed by atoms with Crippen LogP contribution in [-0.4, -0.2) is 49.0 Å². The average Bonchev–Trinajstić information content (AvgIpc) is 2.61. The van der Waals surface area contributed by atoms with E-state index in [4.69, 9.17) is 9.47 Å². The number of aliphatic hydroxyl groups excluding tert-OH is 1. The van der Waals surface area contributed by atoms with Crippen molar-refractivity contribution in [3.05, 3.63) is 29.8 Å². The Bertz CT molecular complexity index is 530. The highest BCUT2D eigenvalue weighted by atomic mass is 16.5. The predicted molar refractivity (Wildman–Crippen MR) is 98.7 cm³/mol. The number of β-amino-alcohol motifs (C(OH)–C–C–N with tert-alkyl or cyclic N) is 1. The molecule has 0 radical (unpaired) electrons. The third-order valence-corrected chi connectivity index (χ3v) is 4.64. The largest absolute Gasteiger partial charge is 0.493 e. The van der Waals surface area contributed by atoms with Gasteiger partial charge in [0.25, 0.3) is 0 Å². The Morgan fingerprint density at radius 3 is 2.88 bits per heavy atom. The molecule has 0 bridgehead atoms. The summed E-state index contributed by atoms with van der Waals surface area (Å²) in [6.07, 6.45) is 8.43. The lowest BCUT2D eigenvalue weighted by Gasteiger charge is -2.36. The minimum Gasteiger partial charge on any atom is -0.493 e. The molecule has 1 aliphatic heterocycles. The average molecular weight is 333 g/mol. The topological polar surface area (TPSA) is 41.9 Å². The quantitative estimate of drug-likeness (QED) is 0.787. The fourth-order valence-corrected chi connectivity index (χ4v) is 3.37. The second kappa shape index (κ2) is 9.70. The Morgan fingerprint density at radius 1 is 1.33 bits per heavy atom. The summed E-state index contributed by atoms with van der Waals surface area (Å²) >= 11 is 0. The van der Waals surface area contributed by atoms with Crippen LogP contribution in [0, 0.1) is 0 Å². The molecule has 1 fully saturated rings. The number of likely N-dealkylation sites (tertiary alicyclic amines) is 1. The van der Waals surface area contributed by atoms with E-state index in [0.717, 1.165) is 18.5 Å². The molecule has 1 N–H and O–H groups in total. The van der Waals surface area contributed by atoms with E-state index in [1.807, 2.05) is 37.3 Å². The number of ether oxygens (including phenoxy) is 2. The molecule has 0 aliphatic carbocycles. The van der Waals surface area contributed by atoms with Gasteiger partial charge in [0.15, 0.2) is 11.5 Å². The van der Waals surface area contributed by atoms with Crippen molar-refractivity contribution in [1.29, 1.82) is 0 Å². The number of aliphatic hydroxyl groups is 1. The zero-order valence-corrected chi connectivity index (χ0v) is 15.2. The van der Waals surface area contributed by atoms with Crippen LogP contribution in [0.2, 0.25) is 0 Å². The molecular weight excluding hydrogens is 302 g/mol. The Hall–Kier alpha value is -1.52. The zero-order valence-electron chi connectivity index (χ0n) is 15.2. The van der Waals surface area contributed by atoms with Gasteiger partial charge in [-0.2, -0.15) is 0 Å². The predicted octanol–water partition coefficient (Wildman–Crippen LogP) is 3.73. The second-order valence-electron chi connectivity index (χ2n) is 6.43. The van der Waals surface area contributed by atoms with Gasteiger partial charge < -0.3 is 14.6 Å². The molecule has 4 nitrogen and oxygen atoms in total. The van der Waals surface area contributed by atoms with E-state index < -0.39 is 6.10 Å². The zero-order chi connectivity index (χ0) is 17.4. The molecule has 0 saturated carbocycles. The highest BCUT2D eigenvalue weighted by Crippen LogP contribution is 2.29. The van der Waals surface area contributed by atoms with Crippen molar-refractivity contribution in [2.45, 2.75) is 51.7 Å². The first kappa shape index (κ1) is 18.8. The molecule has 4 heteroatoms. The van der Waals surface area contributed by atoms with Crippen LogP contribution in [0.1, 0.15) is 45.1 Å². The number of piperidine rings is 1. The van der Waals surface area contributed by atoms with E-state index in [1.165, 1.54) is 19.3 Å². The van der Waals surface area contributed by atoms with Crippen molar-refractivity contribution in [2.24, 2.45) is 0 Å². The number of rotatable bonds is 8. The molecule has 2 atom stereocenters. The van der Waals surface area contributed by atoms with E-state index >= 15 is 0 Å². The lowest BCUT2D eigenvalue weighted by molar-refractivity contribution is 0.0382. The SMILES string of the molecule is CC=Cc1ccc(OCC(O)CN2CCCCC2CC)c(OC)c1. The second-order valence-corrected chi connectivity index (χ2v) is 6.43. The molecule has 0 spiro atoms. The molecule has 1 aliphatic rings. The van der Waals surface area contributed by atoms with Crippen molar-refractivity contribution in [3.63, 3.8) is 0 Å². The summed E-state index contributed by atoms with van der Waals surface area (Å²) in [6.45, 7) is 6.25. The van der Waals surface area contributed by atoms with Gasteiger partial charge in [0, 0.05) is 12.6 Å². The van der Waals surface area contributed by atoms with Gasteiger partial charge in [0.2, 0.25) is 0 Å². The van der Waals surface area contributed by atoms with Crippen molar-refractivity contribution < 1.29 is 14.6 Å². The molecule has 1 aromatic rings. The molecule has 1 heterocycles. The number of hydrogen-bond donors (Lipinski definition) is 1. The number of allylic oxidation sites excluding steroid dienone is 1.